The fraction of sp³-hybridized carbons (Fsp3) is 0.429. The Morgan fingerprint density at radius 2 is 1.90 bits per heavy atom. The molecule has 0 aliphatic carbocycles. The minimum absolute atomic E-state index is 0.147. The van der Waals surface area contributed by atoms with Gasteiger partial charge in [0, 0.05) is 3.57 Å². The third-order valence-electron chi connectivity index (χ3n) is 2.90. The highest BCUT2D eigenvalue weighted by Crippen LogP contribution is 2.29. The number of benzene rings is 1. The average molecular weight is 412 g/mol. The van der Waals surface area contributed by atoms with Crippen LogP contribution in [0.5, 0.6) is 0 Å². The number of halogens is 3. The monoisotopic (exact) mass is 412 g/mol. The van der Waals surface area contributed by atoms with Crippen molar-refractivity contribution in [3.63, 3.8) is 0 Å². The second kappa shape index (κ2) is 6.67. The molecule has 0 radical (unpaired) electrons. The van der Waals surface area contributed by atoms with Gasteiger partial charge in [-0.25, -0.2) is 9.59 Å². The van der Waals surface area contributed by atoms with E-state index in [9.17, 15) is 18.4 Å². The van der Waals surface area contributed by atoms with Crippen LogP contribution in [0.3, 0.4) is 0 Å². The summed E-state index contributed by atoms with van der Waals surface area (Å²) in [5.74, 6) is -8.25. The fourth-order valence-corrected chi connectivity index (χ4v) is 2.23. The number of carboxylic acids is 1. The maximum Gasteiger partial charge on any atom is 0.378 e. The number of carbonyl (C=O) groups excluding carboxylic acids is 1. The van der Waals surface area contributed by atoms with E-state index in [1.807, 2.05) is 22.6 Å². The quantitative estimate of drug-likeness (QED) is 0.594. The Balaban J connectivity index is 3.08. The van der Waals surface area contributed by atoms with Crippen LogP contribution in [0.4, 0.5) is 8.78 Å². The van der Waals surface area contributed by atoms with E-state index in [-0.39, 0.29) is 5.56 Å². The van der Waals surface area contributed by atoms with Gasteiger partial charge >= 0.3 is 17.9 Å². The molecule has 0 spiro atoms. The standard InChI is InChI=1S/C14H15F2IO4/c1-7(2)11(14(15,16)13(19)20)21-12(18)10-6-9(17)5-4-8(10)3/h4-7,11H,1-3H3,(H,19,20). The van der Waals surface area contributed by atoms with Crippen molar-refractivity contribution in [3.8, 4) is 0 Å². The number of ether oxygens (including phenoxy) is 1. The van der Waals surface area contributed by atoms with Crippen LogP contribution in [0, 0.1) is 16.4 Å². The van der Waals surface area contributed by atoms with Crippen molar-refractivity contribution in [2.45, 2.75) is 32.8 Å². The number of aliphatic carboxylic acids is 1. The van der Waals surface area contributed by atoms with Crippen molar-refractivity contribution < 1.29 is 28.2 Å². The smallest absolute Gasteiger partial charge is 0.378 e. The molecule has 0 aliphatic heterocycles. The molecular weight excluding hydrogens is 397 g/mol. The van der Waals surface area contributed by atoms with Crippen LogP contribution in [-0.4, -0.2) is 29.1 Å². The first-order valence-corrected chi connectivity index (χ1v) is 7.23. The Kier molecular flexibility index (Phi) is 5.66. The van der Waals surface area contributed by atoms with Crippen molar-refractivity contribution in [1.29, 1.82) is 0 Å². The van der Waals surface area contributed by atoms with Gasteiger partial charge in [0.15, 0.2) is 6.10 Å². The Hall–Kier alpha value is -1.25. The molecule has 1 rings (SSSR count). The molecule has 21 heavy (non-hydrogen) atoms. The second-order valence-electron chi connectivity index (χ2n) is 4.96. The van der Waals surface area contributed by atoms with Crippen molar-refractivity contribution in [2.24, 2.45) is 5.92 Å². The SMILES string of the molecule is Cc1ccc(I)cc1C(=O)OC(C(C)C)C(F)(F)C(=O)O. The number of esters is 1. The topological polar surface area (TPSA) is 63.6 Å². The van der Waals surface area contributed by atoms with Crippen LogP contribution in [0.25, 0.3) is 0 Å². The lowest BCUT2D eigenvalue weighted by Crippen LogP contribution is -2.47. The number of hydrogen-bond acceptors (Lipinski definition) is 3. The lowest BCUT2D eigenvalue weighted by Gasteiger charge is -2.26. The second-order valence-corrected chi connectivity index (χ2v) is 6.20. The number of alkyl halides is 2. The molecule has 0 saturated heterocycles. The molecule has 0 aromatic heterocycles. The highest BCUT2D eigenvalue weighted by Gasteiger charge is 2.51. The Morgan fingerprint density at radius 3 is 2.38 bits per heavy atom. The van der Waals surface area contributed by atoms with Gasteiger partial charge in [0.05, 0.1) is 5.56 Å². The summed E-state index contributed by atoms with van der Waals surface area (Å²) in [4.78, 5) is 22.7. The van der Waals surface area contributed by atoms with E-state index in [1.54, 1.807) is 19.1 Å². The van der Waals surface area contributed by atoms with E-state index in [1.165, 1.54) is 19.9 Å². The summed E-state index contributed by atoms with van der Waals surface area (Å²) in [6.45, 7) is 4.39. The van der Waals surface area contributed by atoms with Crippen molar-refractivity contribution in [1.82, 2.24) is 0 Å². The number of aryl methyl sites for hydroxylation is 1. The third-order valence-corrected chi connectivity index (χ3v) is 3.57. The van der Waals surface area contributed by atoms with Crippen molar-refractivity contribution >= 4 is 34.5 Å². The Labute approximate surface area is 134 Å². The summed E-state index contributed by atoms with van der Waals surface area (Å²) in [5, 5.41) is 8.60. The molecule has 7 heteroatoms. The molecule has 1 atom stereocenters. The molecular formula is C14H15F2IO4. The van der Waals surface area contributed by atoms with Crippen LogP contribution in [0.1, 0.15) is 29.8 Å². The van der Waals surface area contributed by atoms with Crippen LogP contribution in [0.15, 0.2) is 18.2 Å². The van der Waals surface area contributed by atoms with Crippen LogP contribution < -0.4 is 0 Å². The van der Waals surface area contributed by atoms with Gasteiger partial charge in [-0.05, 0) is 53.1 Å². The maximum atomic E-state index is 13.6. The number of rotatable bonds is 5. The zero-order valence-electron chi connectivity index (χ0n) is 11.7. The zero-order valence-corrected chi connectivity index (χ0v) is 13.9. The first-order chi connectivity index (χ1) is 9.57. The fourth-order valence-electron chi connectivity index (χ4n) is 1.74. The van der Waals surface area contributed by atoms with Gasteiger partial charge in [0.2, 0.25) is 0 Å². The summed E-state index contributed by atoms with van der Waals surface area (Å²) in [6.07, 6.45) is -2.03. The van der Waals surface area contributed by atoms with E-state index >= 15 is 0 Å². The predicted molar refractivity (Wildman–Crippen MR) is 80.5 cm³/mol. The van der Waals surface area contributed by atoms with Gasteiger partial charge in [-0.1, -0.05) is 19.9 Å². The van der Waals surface area contributed by atoms with Crippen LogP contribution >= 0.6 is 22.6 Å². The van der Waals surface area contributed by atoms with Crippen LogP contribution in [0.2, 0.25) is 0 Å². The maximum absolute atomic E-state index is 13.6. The van der Waals surface area contributed by atoms with Crippen molar-refractivity contribution in [3.05, 3.63) is 32.9 Å². The third kappa shape index (κ3) is 4.12. The highest BCUT2D eigenvalue weighted by atomic mass is 127. The molecule has 1 N–H and O–H groups in total. The molecule has 116 valence electrons. The number of hydrogen-bond donors (Lipinski definition) is 1. The summed E-state index contributed by atoms with van der Waals surface area (Å²) in [6, 6.07) is 4.94. The minimum Gasteiger partial charge on any atom is -0.477 e. The normalized spacial score (nSPS) is 13.1. The molecule has 0 fully saturated rings. The average Bonchev–Trinajstić information content (AvgIpc) is 2.37. The minimum atomic E-state index is -4.14. The molecule has 0 bridgehead atoms. The molecule has 1 aromatic rings. The zero-order chi connectivity index (χ0) is 16.4. The molecule has 0 aliphatic rings. The van der Waals surface area contributed by atoms with Gasteiger partial charge in [-0.2, -0.15) is 8.78 Å². The van der Waals surface area contributed by atoms with Gasteiger partial charge in [0.1, 0.15) is 0 Å². The van der Waals surface area contributed by atoms with Crippen LogP contribution in [-0.2, 0) is 9.53 Å². The lowest BCUT2D eigenvalue weighted by molar-refractivity contribution is -0.187. The first-order valence-electron chi connectivity index (χ1n) is 6.15. The van der Waals surface area contributed by atoms with Gasteiger partial charge < -0.3 is 9.84 Å². The summed E-state index contributed by atoms with van der Waals surface area (Å²) < 4.78 is 32.8. The Bertz CT molecular complexity index is 558. The van der Waals surface area contributed by atoms with Gasteiger partial charge in [0.25, 0.3) is 0 Å². The summed E-state index contributed by atoms with van der Waals surface area (Å²) >= 11 is 1.98. The molecule has 0 saturated carbocycles. The predicted octanol–water partition coefficient (Wildman–Crippen LogP) is 3.50. The largest absolute Gasteiger partial charge is 0.477 e. The molecule has 1 aromatic carbocycles. The molecule has 1 unspecified atom stereocenters. The van der Waals surface area contributed by atoms with E-state index < -0.39 is 29.9 Å². The molecule has 0 heterocycles. The van der Waals surface area contributed by atoms with E-state index in [0.717, 1.165) is 3.57 Å². The summed E-state index contributed by atoms with van der Waals surface area (Å²) in [7, 11) is 0. The van der Waals surface area contributed by atoms with Crippen molar-refractivity contribution in [2.75, 3.05) is 0 Å². The summed E-state index contributed by atoms with van der Waals surface area (Å²) in [5.41, 5.74) is 0.718. The van der Waals surface area contributed by atoms with E-state index in [4.69, 9.17) is 9.84 Å². The van der Waals surface area contributed by atoms with Gasteiger partial charge in [-0.3, -0.25) is 0 Å². The number of carboxylic acid groups (broad SMARTS) is 1. The number of carbonyl (C=O) groups is 2. The van der Waals surface area contributed by atoms with E-state index in [2.05, 4.69) is 0 Å². The lowest BCUT2D eigenvalue weighted by atomic mass is 10.0. The van der Waals surface area contributed by atoms with Gasteiger partial charge in [-0.15, -0.1) is 0 Å². The highest BCUT2D eigenvalue weighted by molar-refractivity contribution is 14.1. The first kappa shape index (κ1) is 17.8. The van der Waals surface area contributed by atoms with E-state index in [0.29, 0.717) is 5.56 Å². The molecule has 0 amide bonds. The molecule has 4 nitrogen and oxygen atoms in total. The Morgan fingerprint density at radius 1 is 1.33 bits per heavy atom.